The lowest BCUT2D eigenvalue weighted by atomic mass is 9.86. The molecule has 0 saturated carbocycles. The number of furan rings is 2. The molecule has 3 aromatic heterocycles. The van der Waals surface area contributed by atoms with Crippen molar-refractivity contribution in [2.45, 2.75) is 0 Å². The maximum absolute atomic E-state index is 6.60. The summed E-state index contributed by atoms with van der Waals surface area (Å²) >= 11 is 0. The standard InChI is InChI=1S/C62H37NO2/c1-2-15-38(16-3-1)59-49-21-4-6-23-51(49)60(52-24-7-5-22-50(52)59)41-17-12-18-42(35-41)63-55-36-39(43-25-13-27-53-47-19-8-10-29-57(47)64-61(43)53)31-33-45(55)46-34-32-40(37-56(46)63)44-26-14-28-54-48-20-9-11-30-58(48)65-62(44)54/h1-37H. The van der Waals surface area contributed by atoms with Crippen molar-refractivity contribution >= 4 is 87.2 Å². The minimum atomic E-state index is 0.894. The lowest BCUT2D eigenvalue weighted by Gasteiger charge is -2.18. The topological polar surface area (TPSA) is 31.2 Å². The third-order valence-electron chi connectivity index (χ3n) is 13.6. The first kappa shape index (κ1) is 35.9. The zero-order valence-corrected chi connectivity index (χ0v) is 35.1. The van der Waals surface area contributed by atoms with Gasteiger partial charge >= 0.3 is 0 Å². The molecule has 3 nitrogen and oxygen atoms in total. The Labute approximate surface area is 373 Å². The predicted molar refractivity (Wildman–Crippen MR) is 272 cm³/mol. The highest BCUT2D eigenvalue weighted by Gasteiger charge is 2.21. The number of para-hydroxylation sites is 4. The van der Waals surface area contributed by atoms with Crippen LogP contribution in [-0.2, 0) is 0 Å². The van der Waals surface area contributed by atoms with Crippen molar-refractivity contribution in [1.82, 2.24) is 4.57 Å². The Morgan fingerprint density at radius 1 is 0.262 bits per heavy atom. The maximum atomic E-state index is 6.60. The fourth-order valence-electron chi connectivity index (χ4n) is 10.7. The van der Waals surface area contributed by atoms with Crippen LogP contribution in [0.1, 0.15) is 0 Å². The molecule has 0 unspecified atom stereocenters. The average Bonchev–Trinajstić information content (AvgIpc) is 4.05. The van der Waals surface area contributed by atoms with Crippen molar-refractivity contribution in [3.63, 3.8) is 0 Å². The summed E-state index contributed by atoms with van der Waals surface area (Å²) in [4.78, 5) is 0. The van der Waals surface area contributed by atoms with E-state index < -0.39 is 0 Å². The zero-order chi connectivity index (χ0) is 42.6. The van der Waals surface area contributed by atoms with Gasteiger partial charge in [0.15, 0.2) is 0 Å². The van der Waals surface area contributed by atoms with Gasteiger partial charge in [-0.25, -0.2) is 0 Å². The molecule has 65 heavy (non-hydrogen) atoms. The number of hydrogen-bond donors (Lipinski definition) is 0. The summed E-state index contributed by atoms with van der Waals surface area (Å²) in [5.41, 5.74) is 16.1. The van der Waals surface area contributed by atoms with Gasteiger partial charge in [-0.15, -0.1) is 0 Å². The second-order valence-corrected chi connectivity index (χ2v) is 17.1. The summed E-state index contributed by atoms with van der Waals surface area (Å²) in [7, 11) is 0. The lowest BCUT2D eigenvalue weighted by Crippen LogP contribution is -1.96. The molecule has 0 aliphatic heterocycles. The van der Waals surface area contributed by atoms with Crippen molar-refractivity contribution in [2.75, 3.05) is 0 Å². The molecule has 0 spiro atoms. The minimum absolute atomic E-state index is 0.894. The molecule has 14 rings (SSSR count). The van der Waals surface area contributed by atoms with Crippen molar-refractivity contribution in [2.24, 2.45) is 0 Å². The number of aromatic nitrogens is 1. The van der Waals surface area contributed by atoms with Gasteiger partial charge in [0.1, 0.15) is 22.3 Å². The second kappa shape index (κ2) is 13.9. The highest BCUT2D eigenvalue weighted by Crippen LogP contribution is 2.46. The van der Waals surface area contributed by atoms with Crippen LogP contribution >= 0.6 is 0 Å². The van der Waals surface area contributed by atoms with Crippen molar-refractivity contribution in [3.05, 3.63) is 224 Å². The van der Waals surface area contributed by atoms with E-state index in [1.54, 1.807) is 0 Å². The molecule has 0 atom stereocenters. The van der Waals surface area contributed by atoms with Crippen LogP contribution in [0.3, 0.4) is 0 Å². The largest absolute Gasteiger partial charge is 0.455 e. The van der Waals surface area contributed by atoms with Gasteiger partial charge in [0.05, 0.1) is 11.0 Å². The SMILES string of the molecule is c1ccc(-c2c3ccccc3c(-c3cccc(-n4c5cc(-c6cccc7c6oc6ccccc67)ccc5c5ccc(-c6cccc7c6oc6ccccc67)cc54)c3)c3ccccc23)cc1. The van der Waals surface area contributed by atoms with Gasteiger partial charge in [-0.3, -0.25) is 0 Å². The van der Waals surface area contributed by atoms with E-state index in [9.17, 15) is 0 Å². The Bertz CT molecular complexity index is 4010. The van der Waals surface area contributed by atoms with Crippen LogP contribution in [0.5, 0.6) is 0 Å². The van der Waals surface area contributed by atoms with E-state index in [4.69, 9.17) is 8.83 Å². The fourth-order valence-corrected chi connectivity index (χ4v) is 10.7. The molecule has 3 heterocycles. The molecule has 0 radical (unpaired) electrons. The summed E-state index contributed by atoms with van der Waals surface area (Å²) in [5.74, 6) is 0. The van der Waals surface area contributed by atoms with E-state index in [0.29, 0.717) is 0 Å². The van der Waals surface area contributed by atoms with E-state index in [1.807, 2.05) is 12.1 Å². The van der Waals surface area contributed by atoms with Crippen LogP contribution in [-0.4, -0.2) is 4.57 Å². The van der Waals surface area contributed by atoms with Gasteiger partial charge in [0.25, 0.3) is 0 Å². The molecule has 302 valence electrons. The highest BCUT2D eigenvalue weighted by atomic mass is 16.3. The van der Waals surface area contributed by atoms with Crippen molar-refractivity contribution < 1.29 is 8.83 Å². The fraction of sp³-hybridized carbons (Fsp3) is 0. The smallest absolute Gasteiger partial charge is 0.143 e. The molecule has 0 bridgehead atoms. The normalized spacial score (nSPS) is 12.0. The molecular weight excluding hydrogens is 791 g/mol. The average molecular weight is 828 g/mol. The molecule has 3 heteroatoms. The van der Waals surface area contributed by atoms with Crippen molar-refractivity contribution in [3.8, 4) is 50.2 Å². The van der Waals surface area contributed by atoms with Crippen LogP contribution < -0.4 is 0 Å². The second-order valence-electron chi connectivity index (χ2n) is 17.1. The molecule has 0 fully saturated rings. The monoisotopic (exact) mass is 827 g/mol. The van der Waals surface area contributed by atoms with Gasteiger partial charge in [-0.2, -0.15) is 0 Å². The molecule has 0 aliphatic rings. The van der Waals surface area contributed by atoms with Crippen LogP contribution in [0.15, 0.2) is 233 Å². The molecular formula is C62H37NO2. The van der Waals surface area contributed by atoms with Crippen LogP contribution in [0.25, 0.3) is 137 Å². The summed E-state index contributed by atoms with van der Waals surface area (Å²) < 4.78 is 15.7. The van der Waals surface area contributed by atoms with Crippen LogP contribution in [0.2, 0.25) is 0 Å². The van der Waals surface area contributed by atoms with Gasteiger partial charge in [-0.05, 0) is 91.3 Å². The van der Waals surface area contributed by atoms with Gasteiger partial charge in [0.2, 0.25) is 0 Å². The quantitative estimate of drug-likeness (QED) is 0.162. The van der Waals surface area contributed by atoms with E-state index in [2.05, 4.69) is 217 Å². The molecule has 14 aromatic rings. The minimum Gasteiger partial charge on any atom is -0.455 e. The first-order valence-electron chi connectivity index (χ1n) is 22.2. The first-order valence-corrected chi connectivity index (χ1v) is 22.2. The Morgan fingerprint density at radius 2 is 0.677 bits per heavy atom. The van der Waals surface area contributed by atoms with E-state index in [1.165, 1.54) is 49.0 Å². The van der Waals surface area contributed by atoms with Crippen LogP contribution in [0, 0.1) is 0 Å². The number of benzene rings is 11. The lowest BCUT2D eigenvalue weighted by molar-refractivity contribution is 0.669. The van der Waals surface area contributed by atoms with E-state index >= 15 is 0 Å². The Hall–Kier alpha value is -8.66. The highest BCUT2D eigenvalue weighted by molar-refractivity contribution is 6.22. The molecule has 0 aliphatic carbocycles. The Balaban J connectivity index is 1.04. The van der Waals surface area contributed by atoms with Crippen molar-refractivity contribution in [1.29, 1.82) is 0 Å². The van der Waals surface area contributed by atoms with Gasteiger partial charge in [-0.1, -0.05) is 188 Å². The summed E-state index contributed by atoms with van der Waals surface area (Å²) in [6, 6.07) is 81.1. The number of hydrogen-bond acceptors (Lipinski definition) is 2. The number of nitrogens with zero attached hydrogens (tertiary/aromatic N) is 1. The molecule has 0 N–H and O–H groups in total. The van der Waals surface area contributed by atoms with E-state index in [-0.39, 0.29) is 0 Å². The maximum Gasteiger partial charge on any atom is 0.143 e. The molecule has 0 saturated heterocycles. The Kier molecular flexibility index (Phi) is 7.69. The zero-order valence-electron chi connectivity index (χ0n) is 35.1. The van der Waals surface area contributed by atoms with Gasteiger partial charge < -0.3 is 13.4 Å². The van der Waals surface area contributed by atoms with Gasteiger partial charge in [0, 0.05) is 49.1 Å². The third kappa shape index (κ3) is 5.36. The van der Waals surface area contributed by atoms with E-state index in [0.717, 1.165) is 88.4 Å². The summed E-state index contributed by atoms with van der Waals surface area (Å²) in [5, 5.41) is 11.8. The van der Waals surface area contributed by atoms with Crippen LogP contribution in [0.4, 0.5) is 0 Å². The molecule has 11 aromatic carbocycles. The third-order valence-corrected chi connectivity index (χ3v) is 13.6. The predicted octanol–water partition coefficient (Wildman–Crippen LogP) is 17.6. The molecule has 0 amide bonds. The number of fused-ring (bicyclic) bond motifs is 11. The summed E-state index contributed by atoms with van der Waals surface area (Å²) in [6.07, 6.45) is 0. The Morgan fingerprint density at radius 3 is 1.20 bits per heavy atom. The number of rotatable bonds is 5. The first-order chi connectivity index (χ1) is 32.2. The summed E-state index contributed by atoms with van der Waals surface area (Å²) in [6.45, 7) is 0.